The van der Waals surface area contributed by atoms with Crippen LogP contribution in [0.15, 0.2) is 36.5 Å². The number of pyridine rings is 1. The molecular weight excluding hydrogens is 397 g/mol. The Kier molecular flexibility index (Phi) is 3.38. The lowest BCUT2D eigenvalue weighted by atomic mass is 9.68. The molecule has 5 rings (SSSR count). The van der Waals surface area contributed by atoms with Crippen molar-refractivity contribution in [1.29, 1.82) is 0 Å². The molecule has 26 heavy (non-hydrogen) atoms. The number of ether oxygens (including phenoxy) is 2. The van der Waals surface area contributed by atoms with Gasteiger partial charge in [0.15, 0.2) is 0 Å². The van der Waals surface area contributed by atoms with Crippen LogP contribution in [0.5, 0.6) is 11.5 Å². The number of halogens is 3. The topological polar surface area (TPSA) is 48.4 Å². The van der Waals surface area contributed by atoms with Crippen LogP contribution in [0, 0.1) is 5.41 Å². The van der Waals surface area contributed by atoms with E-state index < -0.39 is 10.3 Å². The molecule has 4 atom stereocenters. The van der Waals surface area contributed by atoms with Crippen LogP contribution in [-0.4, -0.2) is 27.8 Å². The Morgan fingerprint density at radius 2 is 2.12 bits per heavy atom. The van der Waals surface area contributed by atoms with Crippen molar-refractivity contribution in [2.45, 2.75) is 28.0 Å². The third kappa shape index (κ3) is 1.88. The molecule has 0 saturated heterocycles. The van der Waals surface area contributed by atoms with Gasteiger partial charge in [0.1, 0.15) is 15.8 Å². The van der Waals surface area contributed by atoms with E-state index in [1.54, 1.807) is 43.6 Å². The average molecular weight is 411 g/mol. The molecule has 1 unspecified atom stereocenters. The van der Waals surface area contributed by atoms with Crippen LogP contribution in [0.4, 0.5) is 0 Å². The second-order valence-corrected chi connectivity index (χ2v) is 8.96. The maximum absolute atomic E-state index is 12.6. The maximum atomic E-state index is 12.6. The molecule has 1 aromatic heterocycles. The van der Waals surface area contributed by atoms with Crippen molar-refractivity contribution in [2.24, 2.45) is 5.41 Å². The Labute approximate surface area is 165 Å². The lowest BCUT2D eigenvalue weighted by molar-refractivity contribution is 0.0729. The maximum Gasteiger partial charge on any atom is 0.343 e. The lowest BCUT2D eigenvalue weighted by Crippen LogP contribution is -2.47. The molecule has 7 heteroatoms. The van der Waals surface area contributed by atoms with Crippen molar-refractivity contribution in [3.8, 4) is 11.5 Å². The summed E-state index contributed by atoms with van der Waals surface area (Å²) in [5.41, 5.74) is 1.81. The summed E-state index contributed by atoms with van der Waals surface area (Å²) in [6, 6.07) is 8.56. The highest BCUT2D eigenvalue weighted by atomic mass is 35.5. The van der Waals surface area contributed by atoms with Gasteiger partial charge >= 0.3 is 5.97 Å². The van der Waals surface area contributed by atoms with Gasteiger partial charge in [-0.25, -0.2) is 4.79 Å². The second kappa shape index (κ2) is 5.28. The Morgan fingerprint density at radius 3 is 2.85 bits per heavy atom. The molecule has 2 aromatic rings. The fraction of sp³-hybridized carbons (Fsp3) is 0.368. The normalized spacial score (nSPS) is 31.9. The third-order valence-electron chi connectivity index (χ3n) is 5.96. The smallest absolute Gasteiger partial charge is 0.343 e. The monoisotopic (exact) mass is 409 g/mol. The SMILES string of the molecule is COc1cccc(C(=O)Oc2ccnc3c2[C@H]2CC(Cl)(Cl)C24[C@H](Cl)[C@H]34)c1. The van der Waals surface area contributed by atoms with Crippen molar-refractivity contribution in [3.05, 3.63) is 53.3 Å². The zero-order valence-electron chi connectivity index (χ0n) is 13.7. The molecule has 1 aromatic carbocycles. The number of alkyl halides is 3. The Bertz CT molecular complexity index is 947. The van der Waals surface area contributed by atoms with E-state index in [0.717, 1.165) is 11.3 Å². The molecule has 3 aliphatic rings. The number of benzene rings is 1. The van der Waals surface area contributed by atoms with E-state index in [-0.39, 0.29) is 22.6 Å². The second-order valence-electron chi connectivity index (χ2n) is 7.00. The highest BCUT2D eigenvalue weighted by Crippen LogP contribution is 2.88. The molecule has 2 fully saturated rings. The van der Waals surface area contributed by atoms with Crippen molar-refractivity contribution in [2.75, 3.05) is 7.11 Å². The minimum atomic E-state index is -0.858. The van der Waals surface area contributed by atoms with Gasteiger partial charge in [-0.15, -0.1) is 34.8 Å². The van der Waals surface area contributed by atoms with Crippen molar-refractivity contribution in [1.82, 2.24) is 4.98 Å². The van der Waals surface area contributed by atoms with E-state index in [0.29, 0.717) is 23.5 Å². The molecule has 134 valence electrons. The number of hydrogen-bond donors (Lipinski definition) is 0. The lowest BCUT2D eigenvalue weighted by Gasteiger charge is -2.47. The van der Waals surface area contributed by atoms with Crippen LogP contribution < -0.4 is 9.47 Å². The van der Waals surface area contributed by atoms with Crippen LogP contribution in [0.25, 0.3) is 0 Å². The van der Waals surface area contributed by atoms with Gasteiger partial charge in [0.25, 0.3) is 0 Å². The van der Waals surface area contributed by atoms with Gasteiger partial charge in [-0.3, -0.25) is 4.98 Å². The van der Waals surface area contributed by atoms with E-state index >= 15 is 0 Å². The molecule has 0 N–H and O–H groups in total. The van der Waals surface area contributed by atoms with Crippen LogP contribution >= 0.6 is 34.8 Å². The van der Waals surface area contributed by atoms with E-state index in [4.69, 9.17) is 44.3 Å². The molecule has 0 radical (unpaired) electrons. The Hall–Kier alpha value is -1.49. The minimum absolute atomic E-state index is 0.0170. The Morgan fingerprint density at radius 1 is 1.31 bits per heavy atom. The van der Waals surface area contributed by atoms with Gasteiger partial charge in [0.2, 0.25) is 0 Å². The predicted octanol–water partition coefficient (Wildman–Crippen LogP) is 4.68. The van der Waals surface area contributed by atoms with Crippen LogP contribution in [0.3, 0.4) is 0 Å². The van der Waals surface area contributed by atoms with Crippen LogP contribution in [0.1, 0.15) is 39.9 Å². The first-order valence-corrected chi connectivity index (χ1v) is 9.48. The average Bonchev–Trinajstić information content (AvgIpc) is 3.20. The van der Waals surface area contributed by atoms with Gasteiger partial charge in [-0.1, -0.05) is 6.07 Å². The van der Waals surface area contributed by atoms with Gasteiger partial charge in [0, 0.05) is 29.0 Å². The van der Waals surface area contributed by atoms with Crippen molar-refractivity contribution >= 4 is 40.8 Å². The largest absolute Gasteiger partial charge is 0.497 e. The first-order valence-electron chi connectivity index (χ1n) is 8.28. The van der Waals surface area contributed by atoms with Gasteiger partial charge in [0.05, 0.1) is 23.7 Å². The highest BCUT2D eigenvalue weighted by molar-refractivity contribution is 6.51. The molecule has 1 heterocycles. The van der Waals surface area contributed by atoms with E-state index in [9.17, 15) is 4.79 Å². The number of aromatic nitrogens is 1. The van der Waals surface area contributed by atoms with Crippen LogP contribution in [-0.2, 0) is 0 Å². The molecule has 0 aliphatic heterocycles. The molecule has 3 aliphatic carbocycles. The number of methoxy groups -OCH3 is 1. The standard InChI is InChI=1S/C19H14Cl3NO3/c1-25-10-4-2-3-9(7-10)17(24)26-12-5-6-23-15-13(12)11-8-18(21,22)19(11)14(15)16(19)20/h2-7,11,14,16H,8H2,1H3/t11-,14+,16-,19?/m1/s1. The van der Waals surface area contributed by atoms with E-state index in [1.165, 1.54) is 0 Å². The zero-order valence-corrected chi connectivity index (χ0v) is 16.0. The number of fused-ring (bicyclic) bond motifs is 3. The number of nitrogens with zero attached hydrogens (tertiary/aromatic N) is 1. The number of hydrogen-bond acceptors (Lipinski definition) is 4. The summed E-state index contributed by atoms with van der Waals surface area (Å²) in [7, 11) is 1.55. The van der Waals surface area contributed by atoms with Gasteiger partial charge in [-0.05, 0) is 30.7 Å². The summed E-state index contributed by atoms with van der Waals surface area (Å²) in [6.07, 6.45) is 2.22. The molecule has 2 saturated carbocycles. The number of esters is 1. The summed E-state index contributed by atoms with van der Waals surface area (Å²) in [4.78, 5) is 17.1. The van der Waals surface area contributed by atoms with Crippen molar-refractivity contribution in [3.63, 3.8) is 0 Å². The van der Waals surface area contributed by atoms with Gasteiger partial charge in [-0.2, -0.15) is 0 Å². The molecule has 4 nitrogen and oxygen atoms in total. The van der Waals surface area contributed by atoms with E-state index in [1.807, 2.05) is 0 Å². The summed E-state index contributed by atoms with van der Waals surface area (Å²) >= 11 is 19.5. The number of carbonyl (C=O) groups excluding carboxylic acids is 1. The summed E-state index contributed by atoms with van der Waals surface area (Å²) in [5, 5.41) is -0.124. The first kappa shape index (κ1) is 16.7. The third-order valence-corrected chi connectivity index (χ3v) is 7.53. The summed E-state index contributed by atoms with van der Waals surface area (Å²) < 4.78 is 10.0. The molecule has 0 amide bonds. The molecular formula is C19H14Cl3NO3. The van der Waals surface area contributed by atoms with E-state index in [2.05, 4.69) is 4.98 Å². The first-order chi connectivity index (χ1) is 12.4. The number of carbonyl (C=O) groups is 1. The predicted molar refractivity (Wildman–Crippen MR) is 98.8 cm³/mol. The van der Waals surface area contributed by atoms with Gasteiger partial charge < -0.3 is 9.47 Å². The summed E-state index contributed by atoms with van der Waals surface area (Å²) in [6.45, 7) is 0. The quantitative estimate of drug-likeness (QED) is 0.545. The fourth-order valence-electron chi connectivity index (χ4n) is 4.70. The molecule has 1 spiro atoms. The summed E-state index contributed by atoms with van der Waals surface area (Å²) in [5.74, 6) is 0.742. The fourth-order valence-corrected chi connectivity index (χ4v) is 6.58. The minimum Gasteiger partial charge on any atom is -0.497 e. The van der Waals surface area contributed by atoms with Crippen molar-refractivity contribution < 1.29 is 14.3 Å². The number of rotatable bonds is 3. The van der Waals surface area contributed by atoms with Crippen LogP contribution in [0.2, 0.25) is 0 Å². The highest BCUT2D eigenvalue weighted by Gasteiger charge is 2.87. The molecule has 0 bridgehead atoms. The Balaban J connectivity index is 1.49. The zero-order chi connectivity index (χ0) is 18.3.